The number of piperazine rings is 1. The summed E-state index contributed by atoms with van der Waals surface area (Å²) in [6.07, 6.45) is 4.58. The third-order valence-electron chi connectivity index (χ3n) is 4.28. The van der Waals surface area contributed by atoms with Gasteiger partial charge in [0.2, 0.25) is 0 Å². The summed E-state index contributed by atoms with van der Waals surface area (Å²) in [4.78, 5) is 9.45. The number of nitrogens with zero attached hydrogens (tertiary/aromatic N) is 3. The molecule has 2 atom stereocenters. The highest BCUT2D eigenvalue weighted by molar-refractivity contribution is 5.48. The van der Waals surface area contributed by atoms with Gasteiger partial charge in [0.25, 0.3) is 0 Å². The number of hydrogen-bond acceptors (Lipinski definition) is 4. The van der Waals surface area contributed by atoms with Gasteiger partial charge in [-0.05, 0) is 38.4 Å². The van der Waals surface area contributed by atoms with Gasteiger partial charge in [-0.15, -0.1) is 0 Å². The van der Waals surface area contributed by atoms with Crippen molar-refractivity contribution in [1.82, 2.24) is 9.88 Å². The van der Waals surface area contributed by atoms with E-state index in [4.69, 9.17) is 5.73 Å². The molecule has 0 bridgehead atoms. The lowest BCUT2D eigenvalue weighted by Gasteiger charge is -2.43. The Labute approximate surface area is 109 Å². The molecule has 2 N–H and O–H groups in total. The van der Waals surface area contributed by atoms with Crippen LogP contribution < -0.4 is 10.6 Å². The molecule has 2 fully saturated rings. The molecule has 18 heavy (non-hydrogen) atoms. The Bertz CT molecular complexity index is 420. The standard InChI is InChI=1S/C14H22N4/c1-11-9-17-6-2-3-14(17)10-18(11)13-4-5-16-12(7-13)8-15/h4-5,7,11,14H,2-3,6,8-10,15H2,1H3. The second kappa shape index (κ2) is 4.86. The Kier molecular flexibility index (Phi) is 3.22. The van der Waals surface area contributed by atoms with Crippen molar-refractivity contribution in [3.63, 3.8) is 0 Å². The highest BCUT2D eigenvalue weighted by atomic mass is 15.3. The fraction of sp³-hybridized carbons (Fsp3) is 0.643. The first-order valence-corrected chi connectivity index (χ1v) is 6.93. The maximum atomic E-state index is 5.68. The first-order valence-electron chi connectivity index (χ1n) is 6.93. The highest BCUT2D eigenvalue weighted by Crippen LogP contribution is 2.28. The Balaban J connectivity index is 1.81. The second-order valence-corrected chi connectivity index (χ2v) is 5.50. The van der Waals surface area contributed by atoms with E-state index in [2.05, 4.69) is 33.8 Å². The lowest BCUT2D eigenvalue weighted by molar-refractivity contribution is 0.203. The zero-order valence-electron chi connectivity index (χ0n) is 11.0. The van der Waals surface area contributed by atoms with E-state index in [-0.39, 0.29) is 0 Å². The van der Waals surface area contributed by atoms with Crippen molar-refractivity contribution in [2.75, 3.05) is 24.5 Å². The van der Waals surface area contributed by atoms with E-state index in [0.29, 0.717) is 12.6 Å². The van der Waals surface area contributed by atoms with Gasteiger partial charge < -0.3 is 10.6 Å². The molecule has 0 aromatic carbocycles. The fourth-order valence-corrected chi connectivity index (χ4v) is 3.30. The van der Waals surface area contributed by atoms with E-state index in [1.165, 1.54) is 31.6 Å². The normalized spacial score (nSPS) is 28.4. The van der Waals surface area contributed by atoms with Crippen LogP contribution in [0.15, 0.2) is 18.3 Å². The maximum Gasteiger partial charge on any atom is 0.0560 e. The average molecular weight is 246 g/mol. The number of nitrogens with two attached hydrogens (primary N) is 1. The van der Waals surface area contributed by atoms with E-state index in [1.54, 1.807) is 0 Å². The minimum Gasteiger partial charge on any atom is -0.366 e. The largest absolute Gasteiger partial charge is 0.366 e. The molecule has 2 aliphatic rings. The van der Waals surface area contributed by atoms with Crippen LogP contribution in [0.3, 0.4) is 0 Å². The zero-order valence-corrected chi connectivity index (χ0v) is 11.0. The number of pyridine rings is 1. The van der Waals surface area contributed by atoms with Crippen LogP contribution in [0.2, 0.25) is 0 Å². The van der Waals surface area contributed by atoms with Crippen molar-refractivity contribution in [3.8, 4) is 0 Å². The summed E-state index contributed by atoms with van der Waals surface area (Å²) in [5.74, 6) is 0. The molecule has 98 valence electrons. The summed E-state index contributed by atoms with van der Waals surface area (Å²) in [5, 5.41) is 0. The highest BCUT2D eigenvalue weighted by Gasteiger charge is 2.34. The molecule has 0 radical (unpaired) electrons. The predicted octanol–water partition coefficient (Wildman–Crippen LogP) is 1.21. The van der Waals surface area contributed by atoms with E-state index in [9.17, 15) is 0 Å². The molecule has 2 unspecified atom stereocenters. The quantitative estimate of drug-likeness (QED) is 0.852. The number of anilines is 1. The molecule has 3 rings (SSSR count). The minimum absolute atomic E-state index is 0.519. The van der Waals surface area contributed by atoms with Crippen LogP contribution in [0, 0.1) is 0 Å². The molecular formula is C14H22N4. The summed E-state index contributed by atoms with van der Waals surface area (Å²) in [6, 6.07) is 5.57. The van der Waals surface area contributed by atoms with Crippen LogP contribution in [0.1, 0.15) is 25.5 Å². The molecule has 4 nitrogen and oxygen atoms in total. The third-order valence-corrected chi connectivity index (χ3v) is 4.28. The van der Waals surface area contributed by atoms with E-state index in [0.717, 1.165) is 18.3 Å². The number of rotatable bonds is 2. The molecular weight excluding hydrogens is 224 g/mol. The zero-order chi connectivity index (χ0) is 12.5. The first kappa shape index (κ1) is 11.9. The topological polar surface area (TPSA) is 45.4 Å². The number of aromatic nitrogens is 1. The van der Waals surface area contributed by atoms with Crippen LogP contribution in [0.5, 0.6) is 0 Å². The van der Waals surface area contributed by atoms with Gasteiger partial charge in [0.05, 0.1) is 5.69 Å². The third kappa shape index (κ3) is 2.10. The fourth-order valence-electron chi connectivity index (χ4n) is 3.30. The smallest absolute Gasteiger partial charge is 0.0560 e. The van der Waals surface area contributed by atoms with Crippen molar-refractivity contribution in [2.45, 2.75) is 38.4 Å². The van der Waals surface area contributed by atoms with Gasteiger partial charge in [-0.25, -0.2) is 0 Å². The summed E-state index contributed by atoms with van der Waals surface area (Å²) < 4.78 is 0. The van der Waals surface area contributed by atoms with Gasteiger partial charge in [-0.1, -0.05) is 0 Å². The number of hydrogen-bond donors (Lipinski definition) is 1. The molecule has 0 amide bonds. The van der Waals surface area contributed by atoms with Crippen molar-refractivity contribution < 1.29 is 0 Å². The van der Waals surface area contributed by atoms with Crippen LogP contribution in [-0.4, -0.2) is 41.6 Å². The van der Waals surface area contributed by atoms with Crippen molar-refractivity contribution in [1.29, 1.82) is 0 Å². The molecule has 0 aliphatic carbocycles. The maximum absolute atomic E-state index is 5.68. The van der Waals surface area contributed by atoms with Gasteiger partial charge in [0.15, 0.2) is 0 Å². The van der Waals surface area contributed by atoms with Crippen molar-refractivity contribution in [2.24, 2.45) is 5.73 Å². The summed E-state index contributed by atoms with van der Waals surface area (Å²) in [5.41, 5.74) is 7.94. The summed E-state index contributed by atoms with van der Waals surface area (Å²) in [7, 11) is 0. The van der Waals surface area contributed by atoms with E-state index < -0.39 is 0 Å². The van der Waals surface area contributed by atoms with Crippen LogP contribution >= 0.6 is 0 Å². The Morgan fingerprint density at radius 1 is 1.44 bits per heavy atom. The molecule has 3 heterocycles. The molecule has 1 aromatic heterocycles. The molecule has 2 saturated heterocycles. The number of fused-ring (bicyclic) bond motifs is 1. The molecule has 4 heteroatoms. The minimum atomic E-state index is 0.519. The van der Waals surface area contributed by atoms with Crippen LogP contribution in [0.25, 0.3) is 0 Å². The van der Waals surface area contributed by atoms with Gasteiger partial charge in [-0.2, -0.15) is 0 Å². The predicted molar refractivity (Wildman–Crippen MR) is 73.5 cm³/mol. The van der Waals surface area contributed by atoms with E-state index >= 15 is 0 Å². The lowest BCUT2D eigenvalue weighted by Crippen LogP contribution is -2.55. The van der Waals surface area contributed by atoms with E-state index in [1.807, 2.05) is 6.20 Å². The molecule has 0 spiro atoms. The Morgan fingerprint density at radius 3 is 3.17 bits per heavy atom. The van der Waals surface area contributed by atoms with Crippen LogP contribution in [0.4, 0.5) is 5.69 Å². The second-order valence-electron chi connectivity index (χ2n) is 5.50. The molecule has 1 aromatic rings. The summed E-state index contributed by atoms with van der Waals surface area (Å²) >= 11 is 0. The Hall–Kier alpha value is -1.13. The van der Waals surface area contributed by atoms with Gasteiger partial charge >= 0.3 is 0 Å². The van der Waals surface area contributed by atoms with Gasteiger partial charge in [0.1, 0.15) is 0 Å². The van der Waals surface area contributed by atoms with Crippen molar-refractivity contribution >= 4 is 5.69 Å². The first-order chi connectivity index (χ1) is 8.78. The lowest BCUT2D eigenvalue weighted by atomic mass is 10.1. The molecule has 0 saturated carbocycles. The van der Waals surface area contributed by atoms with Crippen LogP contribution in [-0.2, 0) is 6.54 Å². The van der Waals surface area contributed by atoms with Gasteiger partial charge in [0, 0.05) is 43.6 Å². The van der Waals surface area contributed by atoms with Gasteiger partial charge in [-0.3, -0.25) is 9.88 Å². The SMILES string of the molecule is CC1CN2CCCC2CN1c1ccnc(CN)c1. The summed E-state index contributed by atoms with van der Waals surface area (Å²) in [6.45, 7) is 6.45. The molecule has 2 aliphatic heterocycles. The monoisotopic (exact) mass is 246 g/mol. The Morgan fingerprint density at radius 2 is 2.33 bits per heavy atom. The average Bonchev–Trinajstić information content (AvgIpc) is 2.85. The van der Waals surface area contributed by atoms with Crippen molar-refractivity contribution in [3.05, 3.63) is 24.0 Å².